The highest BCUT2D eigenvalue weighted by Crippen LogP contribution is 2.48. The zero-order valence-corrected chi connectivity index (χ0v) is 23.8. The van der Waals surface area contributed by atoms with E-state index in [1.807, 2.05) is 0 Å². The van der Waals surface area contributed by atoms with Gasteiger partial charge in [-0.05, 0) is 32.0 Å². The number of ether oxygens (including phenoxy) is 2. The largest absolute Gasteiger partial charge is 0.462 e. The number of rotatable bonds is 10. The molecule has 1 fully saturated rings. The van der Waals surface area contributed by atoms with E-state index >= 15 is 0 Å². The van der Waals surface area contributed by atoms with Gasteiger partial charge in [-0.15, -0.1) is 0 Å². The summed E-state index contributed by atoms with van der Waals surface area (Å²) in [6.07, 6.45) is -2.39. The standard InChI is InChI=1S/C27H30FN4O9P/c1-14(2)39-22(34)12-29-42(37,41-19-9-8-17(28)24-23(19)16-6-4-5-7-18(16)30-24)38-13-20-25(35)15(3)26(40-20)32-11-10-21(33)31-27(32)36/h4-11,14-15,20,25-26,30,35H,12-13H2,1-3H3,(H,29,37)(H,31,33,36). The van der Waals surface area contributed by atoms with Crippen LogP contribution in [0.3, 0.4) is 0 Å². The average molecular weight is 605 g/mol. The molecule has 0 radical (unpaired) electrons. The SMILES string of the molecule is CC(C)OC(=O)CNP(=O)(OCC1OC(n2ccc(=O)[nH]c2=O)C(C)C1O)Oc1ccc(F)c2[nH]c3ccccc3c12. The van der Waals surface area contributed by atoms with Gasteiger partial charge in [0, 0.05) is 29.1 Å². The molecule has 1 aliphatic rings. The van der Waals surface area contributed by atoms with Crippen molar-refractivity contribution in [3.63, 3.8) is 0 Å². The Morgan fingerprint density at radius 2 is 1.95 bits per heavy atom. The third-order valence-electron chi connectivity index (χ3n) is 6.79. The zero-order valence-electron chi connectivity index (χ0n) is 22.9. The molecular weight excluding hydrogens is 574 g/mol. The first-order valence-corrected chi connectivity index (χ1v) is 14.7. The quantitative estimate of drug-likeness (QED) is 0.156. The lowest BCUT2D eigenvalue weighted by atomic mass is 10.0. The summed E-state index contributed by atoms with van der Waals surface area (Å²) in [5, 5.41) is 14.2. The highest BCUT2D eigenvalue weighted by atomic mass is 31.2. The summed E-state index contributed by atoms with van der Waals surface area (Å²) in [5.74, 6) is -1.90. The van der Waals surface area contributed by atoms with E-state index in [-0.39, 0.29) is 11.3 Å². The maximum Gasteiger partial charge on any atom is 0.459 e. The fourth-order valence-electron chi connectivity index (χ4n) is 4.82. The van der Waals surface area contributed by atoms with E-state index in [0.29, 0.717) is 16.3 Å². The molecule has 4 aromatic rings. The maximum absolute atomic E-state index is 14.7. The summed E-state index contributed by atoms with van der Waals surface area (Å²) in [6.45, 7) is 3.91. The van der Waals surface area contributed by atoms with Crippen molar-refractivity contribution in [2.24, 2.45) is 5.92 Å². The molecule has 13 nitrogen and oxygen atoms in total. The number of H-pyrrole nitrogens is 2. The van der Waals surface area contributed by atoms with E-state index in [4.69, 9.17) is 18.5 Å². The number of benzene rings is 2. The number of aromatic amines is 2. The maximum atomic E-state index is 14.7. The van der Waals surface area contributed by atoms with Crippen molar-refractivity contribution in [1.82, 2.24) is 19.6 Å². The van der Waals surface area contributed by atoms with Gasteiger partial charge in [0.25, 0.3) is 5.56 Å². The average Bonchev–Trinajstić information content (AvgIpc) is 3.46. The topological polar surface area (TPSA) is 174 Å². The fraction of sp³-hybridized carbons (Fsp3) is 0.370. The van der Waals surface area contributed by atoms with Crippen LogP contribution in [0.4, 0.5) is 4.39 Å². The van der Waals surface area contributed by atoms with Gasteiger partial charge < -0.3 is 24.1 Å². The molecule has 0 bridgehead atoms. The molecule has 0 spiro atoms. The summed E-state index contributed by atoms with van der Waals surface area (Å²) >= 11 is 0. The van der Waals surface area contributed by atoms with Crippen LogP contribution in [0.15, 0.2) is 58.3 Å². The molecule has 0 saturated carbocycles. The molecule has 1 aliphatic heterocycles. The van der Waals surface area contributed by atoms with Crippen molar-refractivity contribution in [2.45, 2.75) is 45.3 Å². The number of carbonyl (C=O) groups excluding carboxylic acids is 1. The van der Waals surface area contributed by atoms with Crippen molar-refractivity contribution < 1.29 is 37.4 Å². The number of hydrogen-bond donors (Lipinski definition) is 4. The summed E-state index contributed by atoms with van der Waals surface area (Å²) in [7, 11) is -4.41. The van der Waals surface area contributed by atoms with Gasteiger partial charge in [-0.2, -0.15) is 0 Å². The molecule has 3 heterocycles. The molecule has 42 heavy (non-hydrogen) atoms. The predicted molar refractivity (Wildman–Crippen MR) is 150 cm³/mol. The van der Waals surface area contributed by atoms with Crippen molar-refractivity contribution in [2.75, 3.05) is 13.2 Å². The first kappa shape index (κ1) is 29.7. The number of hydrogen-bond acceptors (Lipinski definition) is 9. The molecule has 5 rings (SSSR count). The van der Waals surface area contributed by atoms with Crippen LogP contribution < -0.4 is 20.9 Å². The molecule has 2 aromatic carbocycles. The Hall–Kier alpha value is -3.81. The van der Waals surface area contributed by atoms with E-state index in [0.717, 1.165) is 16.7 Å². The second kappa shape index (κ2) is 11.8. The third kappa shape index (κ3) is 6.03. The van der Waals surface area contributed by atoms with Gasteiger partial charge in [-0.1, -0.05) is 25.1 Å². The Labute approximate surface area is 238 Å². The van der Waals surface area contributed by atoms with E-state index in [9.17, 15) is 28.4 Å². The minimum Gasteiger partial charge on any atom is -0.462 e. The molecule has 224 valence electrons. The minimum absolute atomic E-state index is 0.0100. The smallest absolute Gasteiger partial charge is 0.459 e. The summed E-state index contributed by atoms with van der Waals surface area (Å²) in [4.78, 5) is 41.1. The number of nitrogens with one attached hydrogen (secondary N) is 3. The van der Waals surface area contributed by atoms with Crippen LogP contribution in [0.25, 0.3) is 21.8 Å². The Morgan fingerprint density at radius 1 is 1.19 bits per heavy atom. The zero-order chi connectivity index (χ0) is 30.2. The van der Waals surface area contributed by atoms with Crippen molar-refractivity contribution in [3.8, 4) is 5.75 Å². The van der Waals surface area contributed by atoms with Crippen LogP contribution in [0, 0.1) is 11.7 Å². The molecule has 5 atom stereocenters. The van der Waals surface area contributed by atoms with Crippen molar-refractivity contribution >= 4 is 35.5 Å². The van der Waals surface area contributed by atoms with Crippen LogP contribution in [-0.2, 0) is 23.4 Å². The molecule has 15 heteroatoms. The number of halogens is 1. The number of aromatic nitrogens is 3. The predicted octanol–water partition coefficient (Wildman–Crippen LogP) is 2.95. The van der Waals surface area contributed by atoms with Gasteiger partial charge in [0.1, 0.15) is 30.4 Å². The Bertz CT molecular complexity index is 1780. The van der Waals surface area contributed by atoms with E-state index in [1.165, 1.54) is 12.3 Å². The number of carbonyl (C=O) groups is 1. The van der Waals surface area contributed by atoms with Crippen LogP contribution in [-0.4, -0.2) is 57.1 Å². The number of aliphatic hydroxyl groups is 1. The van der Waals surface area contributed by atoms with Crippen molar-refractivity contribution in [1.29, 1.82) is 0 Å². The van der Waals surface area contributed by atoms with E-state index in [1.54, 1.807) is 45.0 Å². The molecule has 1 saturated heterocycles. The first-order chi connectivity index (χ1) is 20.0. The lowest BCUT2D eigenvalue weighted by molar-refractivity contribution is -0.146. The second-order valence-electron chi connectivity index (χ2n) is 10.2. The number of aliphatic hydroxyl groups excluding tert-OH is 1. The van der Waals surface area contributed by atoms with Gasteiger partial charge in [0.05, 0.1) is 29.7 Å². The molecule has 0 aliphatic carbocycles. The lowest BCUT2D eigenvalue weighted by Crippen LogP contribution is -2.33. The normalized spacial score (nSPS) is 22.0. The number of para-hydroxylation sites is 1. The first-order valence-electron chi connectivity index (χ1n) is 13.2. The van der Waals surface area contributed by atoms with Crippen LogP contribution >= 0.6 is 7.75 Å². The monoisotopic (exact) mass is 604 g/mol. The molecule has 0 amide bonds. The van der Waals surface area contributed by atoms with Crippen molar-refractivity contribution in [3.05, 3.63) is 75.3 Å². The van der Waals surface area contributed by atoms with E-state index in [2.05, 4.69) is 15.1 Å². The van der Waals surface area contributed by atoms with Gasteiger partial charge >= 0.3 is 19.4 Å². The van der Waals surface area contributed by atoms with Crippen LogP contribution in [0.2, 0.25) is 0 Å². The van der Waals surface area contributed by atoms with Crippen LogP contribution in [0.1, 0.15) is 27.0 Å². The van der Waals surface area contributed by atoms with Gasteiger partial charge in [-0.25, -0.2) is 18.8 Å². The highest BCUT2D eigenvalue weighted by Gasteiger charge is 2.44. The highest BCUT2D eigenvalue weighted by molar-refractivity contribution is 7.52. The van der Waals surface area contributed by atoms with Gasteiger partial charge in [-0.3, -0.25) is 23.7 Å². The second-order valence-corrected chi connectivity index (χ2v) is 11.9. The van der Waals surface area contributed by atoms with Gasteiger partial charge in [0.15, 0.2) is 0 Å². The number of esters is 1. The lowest BCUT2D eigenvalue weighted by Gasteiger charge is -2.23. The molecular formula is C27H30FN4O9P. The molecule has 5 unspecified atom stereocenters. The Morgan fingerprint density at radius 3 is 2.69 bits per heavy atom. The van der Waals surface area contributed by atoms with Crippen LogP contribution in [0.5, 0.6) is 5.75 Å². The van der Waals surface area contributed by atoms with Gasteiger partial charge in [0.2, 0.25) is 0 Å². The summed E-state index contributed by atoms with van der Waals surface area (Å²) < 4.78 is 52.4. The fourth-order valence-corrected chi connectivity index (χ4v) is 6.10. The molecule has 4 N–H and O–H groups in total. The van der Waals surface area contributed by atoms with E-state index < -0.39 is 74.4 Å². The third-order valence-corrected chi connectivity index (χ3v) is 8.26. The Kier molecular flexibility index (Phi) is 8.35. The summed E-state index contributed by atoms with van der Waals surface area (Å²) in [6, 6.07) is 10.6. The number of nitrogens with zero attached hydrogens (tertiary/aromatic N) is 1. The summed E-state index contributed by atoms with van der Waals surface area (Å²) in [5.41, 5.74) is -0.581. The molecule has 2 aromatic heterocycles. The Balaban J connectivity index is 1.42. The minimum atomic E-state index is -4.41. The number of fused-ring (bicyclic) bond motifs is 3.